The maximum Gasteiger partial charge on any atom is 0.226 e. The molecule has 0 bridgehead atoms. The van der Waals surface area contributed by atoms with Gasteiger partial charge in [-0.3, -0.25) is 0 Å². The van der Waals surface area contributed by atoms with Crippen LogP contribution in [0.5, 0.6) is 0 Å². The Morgan fingerprint density at radius 1 is 1.14 bits per heavy atom. The molecule has 0 atom stereocenters. The van der Waals surface area contributed by atoms with Crippen LogP contribution in [0.2, 0.25) is 0 Å². The van der Waals surface area contributed by atoms with Crippen molar-refractivity contribution in [3.63, 3.8) is 0 Å². The lowest BCUT2D eigenvalue weighted by Gasteiger charge is -2.11. The van der Waals surface area contributed by atoms with Crippen molar-refractivity contribution in [2.24, 2.45) is 4.99 Å². The van der Waals surface area contributed by atoms with Crippen LogP contribution in [0.15, 0.2) is 39.9 Å². The van der Waals surface area contributed by atoms with Crippen LogP contribution < -0.4 is 10.6 Å². The first-order chi connectivity index (χ1) is 13.2. The van der Waals surface area contributed by atoms with Gasteiger partial charge in [0, 0.05) is 32.4 Å². The van der Waals surface area contributed by atoms with E-state index in [1.165, 1.54) is 5.56 Å². The molecule has 0 aliphatic heterocycles. The molecule has 1 aromatic carbocycles. The van der Waals surface area contributed by atoms with Gasteiger partial charge in [0.15, 0.2) is 5.96 Å². The van der Waals surface area contributed by atoms with Crippen LogP contribution in [0.1, 0.15) is 24.6 Å². The predicted molar refractivity (Wildman–Crippen MR) is 122 cm³/mol. The standard InChI is InChI=1S/C20H30N4O3.HI/c1-4-21-20(22-10-5-11-26-13-12-25-3)23-14-18-15-27-19(24-18)17-8-6-16(2)7-9-17;/h6-9,15H,4-5,10-14H2,1-3H3,(H2,21,22,23);1H. The molecule has 0 aliphatic rings. The number of oxazole rings is 1. The molecular weight excluding hydrogens is 471 g/mol. The number of benzene rings is 1. The van der Waals surface area contributed by atoms with E-state index in [4.69, 9.17) is 13.9 Å². The van der Waals surface area contributed by atoms with Crippen LogP contribution in [0.25, 0.3) is 11.5 Å². The Labute approximate surface area is 184 Å². The Morgan fingerprint density at radius 2 is 1.93 bits per heavy atom. The first-order valence-corrected chi connectivity index (χ1v) is 9.33. The second kappa shape index (κ2) is 14.4. The van der Waals surface area contributed by atoms with Gasteiger partial charge >= 0.3 is 0 Å². The third kappa shape index (κ3) is 9.03. The fourth-order valence-corrected chi connectivity index (χ4v) is 2.34. The number of ether oxygens (including phenoxy) is 2. The Hall–Kier alpha value is -1.65. The lowest BCUT2D eigenvalue weighted by Crippen LogP contribution is -2.38. The number of nitrogens with zero attached hydrogens (tertiary/aromatic N) is 2. The van der Waals surface area contributed by atoms with E-state index in [0.717, 1.165) is 36.7 Å². The van der Waals surface area contributed by atoms with Gasteiger partial charge in [-0.15, -0.1) is 24.0 Å². The number of nitrogens with one attached hydrogen (secondary N) is 2. The van der Waals surface area contributed by atoms with Gasteiger partial charge in [0.2, 0.25) is 5.89 Å². The summed E-state index contributed by atoms with van der Waals surface area (Å²) in [6, 6.07) is 8.11. The van der Waals surface area contributed by atoms with Gasteiger partial charge in [-0.1, -0.05) is 17.7 Å². The summed E-state index contributed by atoms with van der Waals surface area (Å²) in [4.78, 5) is 9.08. The summed E-state index contributed by atoms with van der Waals surface area (Å²) in [6.45, 7) is 8.07. The quantitative estimate of drug-likeness (QED) is 0.212. The van der Waals surface area contributed by atoms with Crippen molar-refractivity contribution >= 4 is 29.9 Å². The molecule has 2 N–H and O–H groups in total. The van der Waals surface area contributed by atoms with Crippen LogP contribution in [0, 0.1) is 6.92 Å². The van der Waals surface area contributed by atoms with Crippen molar-refractivity contribution in [2.45, 2.75) is 26.8 Å². The number of aromatic nitrogens is 1. The Kier molecular flexibility index (Phi) is 12.5. The summed E-state index contributed by atoms with van der Waals surface area (Å²) in [5.41, 5.74) is 2.97. The normalized spacial score (nSPS) is 11.2. The summed E-state index contributed by atoms with van der Waals surface area (Å²) in [6.07, 6.45) is 2.56. The van der Waals surface area contributed by atoms with Crippen molar-refractivity contribution in [2.75, 3.05) is 40.0 Å². The molecule has 1 heterocycles. The minimum atomic E-state index is 0. The third-order valence-electron chi connectivity index (χ3n) is 3.78. The molecule has 28 heavy (non-hydrogen) atoms. The highest BCUT2D eigenvalue weighted by molar-refractivity contribution is 14.0. The van der Waals surface area contributed by atoms with E-state index in [9.17, 15) is 0 Å². The molecular formula is C20H31IN4O3. The smallest absolute Gasteiger partial charge is 0.226 e. The number of aryl methyl sites for hydroxylation is 1. The average molecular weight is 502 g/mol. The molecule has 0 saturated carbocycles. The predicted octanol–water partition coefficient (Wildman–Crippen LogP) is 3.38. The summed E-state index contributed by atoms with van der Waals surface area (Å²) >= 11 is 0. The van der Waals surface area contributed by atoms with Crippen molar-refractivity contribution < 1.29 is 13.9 Å². The monoisotopic (exact) mass is 502 g/mol. The van der Waals surface area contributed by atoms with E-state index in [1.54, 1.807) is 13.4 Å². The van der Waals surface area contributed by atoms with E-state index in [0.29, 0.717) is 32.3 Å². The van der Waals surface area contributed by atoms with Crippen LogP contribution in [-0.4, -0.2) is 51.0 Å². The second-order valence-electron chi connectivity index (χ2n) is 6.09. The summed E-state index contributed by atoms with van der Waals surface area (Å²) in [5.74, 6) is 1.38. The maximum absolute atomic E-state index is 5.58. The molecule has 8 heteroatoms. The van der Waals surface area contributed by atoms with Gasteiger partial charge in [0.05, 0.1) is 19.8 Å². The van der Waals surface area contributed by atoms with Crippen molar-refractivity contribution in [3.05, 3.63) is 41.8 Å². The molecule has 1 aromatic heterocycles. The van der Waals surface area contributed by atoms with E-state index in [1.807, 2.05) is 31.2 Å². The molecule has 0 fully saturated rings. The van der Waals surface area contributed by atoms with Gasteiger partial charge < -0.3 is 24.5 Å². The van der Waals surface area contributed by atoms with E-state index < -0.39 is 0 Å². The maximum atomic E-state index is 5.58. The number of rotatable bonds is 11. The molecule has 0 saturated heterocycles. The highest BCUT2D eigenvalue weighted by Crippen LogP contribution is 2.19. The van der Waals surface area contributed by atoms with Crippen LogP contribution in [0.3, 0.4) is 0 Å². The second-order valence-corrected chi connectivity index (χ2v) is 6.09. The Morgan fingerprint density at radius 3 is 2.64 bits per heavy atom. The molecule has 0 spiro atoms. The van der Waals surface area contributed by atoms with Crippen LogP contribution in [-0.2, 0) is 16.0 Å². The summed E-state index contributed by atoms with van der Waals surface area (Å²) < 4.78 is 16.0. The van der Waals surface area contributed by atoms with Gasteiger partial charge in [0.25, 0.3) is 0 Å². The Bertz CT molecular complexity index is 689. The van der Waals surface area contributed by atoms with E-state index in [-0.39, 0.29) is 24.0 Å². The van der Waals surface area contributed by atoms with Gasteiger partial charge in [-0.2, -0.15) is 0 Å². The summed E-state index contributed by atoms with van der Waals surface area (Å²) in [7, 11) is 1.67. The average Bonchev–Trinajstić information content (AvgIpc) is 3.15. The third-order valence-corrected chi connectivity index (χ3v) is 3.78. The van der Waals surface area contributed by atoms with Crippen molar-refractivity contribution in [3.8, 4) is 11.5 Å². The molecule has 2 aromatic rings. The number of guanidine groups is 1. The molecule has 0 amide bonds. The fraction of sp³-hybridized carbons (Fsp3) is 0.500. The van der Waals surface area contributed by atoms with Gasteiger partial charge in [-0.05, 0) is 32.4 Å². The number of hydrogen-bond donors (Lipinski definition) is 2. The van der Waals surface area contributed by atoms with Gasteiger partial charge in [-0.25, -0.2) is 9.98 Å². The van der Waals surface area contributed by atoms with Crippen molar-refractivity contribution in [1.82, 2.24) is 15.6 Å². The minimum Gasteiger partial charge on any atom is -0.444 e. The lowest BCUT2D eigenvalue weighted by molar-refractivity contribution is 0.0698. The number of aliphatic imine (C=N–C) groups is 1. The molecule has 7 nitrogen and oxygen atoms in total. The van der Waals surface area contributed by atoms with Crippen molar-refractivity contribution in [1.29, 1.82) is 0 Å². The molecule has 0 radical (unpaired) electrons. The zero-order valence-electron chi connectivity index (χ0n) is 16.9. The van der Waals surface area contributed by atoms with E-state index in [2.05, 4.69) is 27.5 Å². The zero-order valence-corrected chi connectivity index (χ0v) is 19.2. The fourth-order valence-electron chi connectivity index (χ4n) is 2.34. The number of hydrogen-bond acceptors (Lipinski definition) is 5. The summed E-state index contributed by atoms with van der Waals surface area (Å²) in [5, 5.41) is 6.52. The highest BCUT2D eigenvalue weighted by atomic mass is 127. The van der Waals surface area contributed by atoms with Gasteiger partial charge in [0.1, 0.15) is 12.0 Å². The molecule has 0 aliphatic carbocycles. The van der Waals surface area contributed by atoms with E-state index >= 15 is 0 Å². The topological polar surface area (TPSA) is 80.9 Å². The molecule has 156 valence electrons. The lowest BCUT2D eigenvalue weighted by atomic mass is 10.1. The SMILES string of the molecule is CCNC(=NCc1coc(-c2ccc(C)cc2)n1)NCCCOCCOC.I. The molecule has 2 rings (SSSR count). The highest BCUT2D eigenvalue weighted by Gasteiger charge is 2.06. The molecule has 0 unspecified atom stereocenters. The van der Waals surface area contributed by atoms with Crippen LogP contribution >= 0.6 is 24.0 Å². The minimum absolute atomic E-state index is 0. The Balaban J connectivity index is 0.00000392. The number of methoxy groups -OCH3 is 1. The number of halogens is 1. The largest absolute Gasteiger partial charge is 0.444 e. The van der Waals surface area contributed by atoms with Crippen LogP contribution in [0.4, 0.5) is 0 Å². The first-order valence-electron chi connectivity index (χ1n) is 9.33. The zero-order chi connectivity index (χ0) is 19.3. The first kappa shape index (κ1) is 24.4.